The SMILES string of the molecule is O=C(c1cncc(Br)c1)N1CCN(C[C@H](O)C2CC2)CC1. The Hall–Kier alpha value is -0.980. The standard InChI is InChI=1S/C15H20BrN3O2/c16-13-7-12(8-17-9-13)15(21)19-5-3-18(4-6-19)10-14(20)11-1-2-11/h7-9,11,14,20H,1-6,10H2/t14-/m0/s1. The molecule has 114 valence electrons. The number of rotatable bonds is 4. The van der Waals surface area contributed by atoms with Gasteiger partial charge in [-0.15, -0.1) is 0 Å². The number of aliphatic hydroxyl groups is 1. The van der Waals surface area contributed by atoms with Crippen LogP contribution in [0.5, 0.6) is 0 Å². The van der Waals surface area contributed by atoms with E-state index < -0.39 is 0 Å². The molecule has 0 aromatic carbocycles. The molecule has 1 amide bonds. The van der Waals surface area contributed by atoms with Gasteiger partial charge in [-0.2, -0.15) is 0 Å². The van der Waals surface area contributed by atoms with Crippen molar-refractivity contribution in [3.05, 3.63) is 28.5 Å². The second-order valence-electron chi connectivity index (χ2n) is 5.89. The molecule has 2 heterocycles. The molecular weight excluding hydrogens is 334 g/mol. The average Bonchev–Trinajstić information content (AvgIpc) is 3.32. The van der Waals surface area contributed by atoms with Gasteiger partial charge >= 0.3 is 0 Å². The lowest BCUT2D eigenvalue weighted by Crippen LogP contribution is -2.50. The van der Waals surface area contributed by atoms with Gasteiger partial charge in [-0.05, 0) is 40.8 Å². The molecule has 6 heteroatoms. The van der Waals surface area contributed by atoms with Gasteiger partial charge in [0, 0.05) is 49.6 Å². The van der Waals surface area contributed by atoms with Crippen molar-refractivity contribution >= 4 is 21.8 Å². The van der Waals surface area contributed by atoms with Gasteiger partial charge < -0.3 is 10.0 Å². The molecule has 2 fully saturated rings. The summed E-state index contributed by atoms with van der Waals surface area (Å²) in [6, 6.07) is 1.80. The summed E-state index contributed by atoms with van der Waals surface area (Å²) in [5.74, 6) is 0.545. The molecular formula is C15H20BrN3O2. The summed E-state index contributed by atoms with van der Waals surface area (Å²) >= 11 is 3.34. The van der Waals surface area contributed by atoms with E-state index in [4.69, 9.17) is 0 Å². The van der Waals surface area contributed by atoms with Crippen molar-refractivity contribution in [1.29, 1.82) is 0 Å². The predicted molar refractivity (Wildman–Crippen MR) is 83.0 cm³/mol. The van der Waals surface area contributed by atoms with Crippen LogP contribution in [-0.4, -0.2) is 64.6 Å². The highest BCUT2D eigenvalue weighted by molar-refractivity contribution is 9.10. The fraction of sp³-hybridized carbons (Fsp3) is 0.600. The van der Waals surface area contributed by atoms with Gasteiger partial charge in [0.05, 0.1) is 11.7 Å². The van der Waals surface area contributed by atoms with Crippen LogP contribution >= 0.6 is 15.9 Å². The number of aliphatic hydroxyl groups excluding tert-OH is 1. The van der Waals surface area contributed by atoms with E-state index in [1.165, 1.54) is 0 Å². The largest absolute Gasteiger partial charge is 0.392 e. The number of carbonyl (C=O) groups is 1. The number of nitrogens with zero attached hydrogens (tertiary/aromatic N) is 3. The number of aromatic nitrogens is 1. The maximum Gasteiger partial charge on any atom is 0.255 e. The first-order chi connectivity index (χ1) is 10.1. The maximum atomic E-state index is 12.4. The van der Waals surface area contributed by atoms with Crippen LogP contribution < -0.4 is 0 Å². The molecule has 1 saturated carbocycles. The molecule has 5 nitrogen and oxygen atoms in total. The Balaban J connectivity index is 1.51. The minimum absolute atomic E-state index is 0.0335. The number of carbonyl (C=O) groups excluding carboxylic acids is 1. The Morgan fingerprint density at radius 3 is 2.67 bits per heavy atom. The molecule has 21 heavy (non-hydrogen) atoms. The first-order valence-electron chi connectivity index (χ1n) is 7.44. The molecule has 1 saturated heterocycles. The summed E-state index contributed by atoms with van der Waals surface area (Å²) in [5, 5.41) is 9.99. The number of hydrogen-bond donors (Lipinski definition) is 1. The lowest BCUT2D eigenvalue weighted by molar-refractivity contribution is 0.0488. The normalized spacial score (nSPS) is 21.3. The number of β-amino-alcohol motifs (C(OH)–C–C–N with tert-alkyl or cyclic N) is 1. The first kappa shape index (κ1) is 14.9. The number of amides is 1. The van der Waals surface area contributed by atoms with Gasteiger partial charge in [-0.1, -0.05) is 0 Å². The Morgan fingerprint density at radius 1 is 1.33 bits per heavy atom. The summed E-state index contributed by atoms with van der Waals surface area (Å²) in [6.45, 7) is 3.82. The number of pyridine rings is 1. The highest BCUT2D eigenvalue weighted by Gasteiger charge is 2.32. The third kappa shape index (κ3) is 3.81. The second kappa shape index (κ2) is 6.42. The molecule has 2 aliphatic rings. The quantitative estimate of drug-likeness (QED) is 0.888. The lowest BCUT2D eigenvalue weighted by Gasteiger charge is -2.35. The molecule has 0 radical (unpaired) electrons. The van der Waals surface area contributed by atoms with Crippen molar-refractivity contribution in [3.63, 3.8) is 0 Å². The summed E-state index contributed by atoms with van der Waals surface area (Å²) in [7, 11) is 0. The average molecular weight is 354 g/mol. The van der Waals surface area contributed by atoms with Crippen LogP contribution in [-0.2, 0) is 0 Å². The minimum atomic E-state index is -0.193. The molecule has 1 aromatic heterocycles. The van der Waals surface area contributed by atoms with Crippen LogP contribution in [0.1, 0.15) is 23.2 Å². The zero-order valence-corrected chi connectivity index (χ0v) is 13.5. The second-order valence-corrected chi connectivity index (χ2v) is 6.81. The third-order valence-corrected chi connectivity index (χ3v) is 4.66. The van der Waals surface area contributed by atoms with Crippen molar-refractivity contribution < 1.29 is 9.90 Å². The number of hydrogen-bond acceptors (Lipinski definition) is 4. The molecule has 0 spiro atoms. The van der Waals surface area contributed by atoms with E-state index in [9.17, 15) is 9.90 Å². The predicted octanol–water partition coefficient (Wildman–Crippen LogP) is 1.37. The highest BCUT2D eigenvalue weighted by Crippen LogP contribution is 2.32. The van der Waals surface area contributed by atoms with E-state index in [2.05, 4.69) is 25.8 Å². The summed E-state index contributed by atoms with van der Waals surface area (Å²) in [5.41, 5.74) is 0.621. The Morgan fingerprint density at radius 2 is 2.05 bits per heavy atom. The monoisotopic (exact) mass is 353 g/mol. The molecule has 1 N–H and O–H groups in total. The lowest BCUT2D eigenvalue weighted by atomic mass is 10.2. The van der Waals surface area contributed by atoms with Crippen LogP contribution in [0.15, 0.2) is 22.9 Å². The van der Waals surface area contributed by atoms with Crippen LogP contribution in [0, 0.1) is 5.92 Å². The summed E-state index contributed by atoms with van der Waals surface area (Å²) in [6.07, 6.45) is 5.41. The Labute approximate surface area is 133 Å². The first-order valence-corrected chi connectivity index (χ1v) is 8.23. The van der Waals surface area contributed by atoms with Gasteiger partial charge in [0.1, 0.15) is 0 Å². The van der Waals surface area contributed by atoms with Gasteiger partial charge in [-0.3, -0.25) is 14.7 Å². The highest BCUT2D eigenvalue weighted by atomic mass is 79.9. The molecule has 1 aliphatic carbocycles. The Kier molecular flexibility index (Phi) is 4.57. The molecule has 1 aliphatic heterocycles. The van der Waals surface area contributed by atoms with Crippen molar-refractivity contribution in [3.8, 4) is 0 Å². The van der Waals surface area contributed by atoms with Gasteiger partial charge in [0.25, 0.3) is 5.91 Å². The zero-order chi connectivity index (χ0) is 14.8. The van der Waals surface area contributed by atoms with Crippen molar-refractivity contribution in [1.82, 2.24) is 14.8 Å². The van der Waals surface area contributed by atoms with Crippen molar-refractivity contribution in [2.75, 3.05) is 32.7 Å². The van der Waals surface area contributed by atoms with E-state index in [0.717, 1.165) is 36.9 Å². The van der Waals surface area contributed by atoms with Crippen molar-refractivity contribution in [2.24, 2.45) is 5.92 Å². The number of piperazine rings is 1. The fourth-order valence-corrected chi connectivity index (χ4v) is 3.10. The van der Waals surface area contributed by atoms with E-state index in [1.807, 2.05) is 4.90 Å². The van der Waals surface area contributed by atoms with Gasteiger partial charge in [-0.25, -0.2) is 0 Å². The fourth-order valence-electron chi connectivity index (χ4n) is 2.74. The molecule has 0 bridgehead atoms. The van der Waals surface area contributed by atoms with Gasteiger partial charge in [0.2, 0.25) is 0 Å². The van der Waals surface area contributed by atoms with E-state index in [-0.39, 0.29) is 12.0 Å². The molecule has 1 atom stereocenters. The van der Waals surface area contributed by atoms with Crippen LogP contribution in [0.4, 0.5) is 0 Å². The van der Waals surface area contributed by atoms with Crippen LogP contribution in [0.25, 0.3) is 0 Å². The van der Waals surface area contributed by atoms with Gasteiger partial charge in [0.15, 0.2) is 0 Å². The van der Waals surface area contributed by atoms with E-state index in [1.54, 1.807) is 18.5 Å². The van der Waals surface area contributed by atoms with Crippen LogP contribution in [0.2, 0.25) is 0 Å². The smallest absolute Gasteiger partial charge is 0.255 e. The molecule has 1 aromatic rings. The van der Waals surface area contributed by atoms with Crippen molar-refractivity contribution in [2.45, 2.75) is 18.9 Å². The molecule has 3 rings (SSSR count). The van der Waals surface area contributed by atoms with E-state index >= 15 is 0 Å². The van der Waals surface area contributed by atoms with E-state index in [0.29, 0.717) is 24.6 Å². The minimum Gasteiger partial charge on any atom is -0.392 e. The summed E-state index contributed by atoms with van der Waals surface area (Å²) < 4.78 is 0.819. The zero-order valence-electron chi connectivity index (χ0n) is 11.9. The Bertz CT molecular complexity index is 513. The van der Waals surface area contributed by atoms with Crippen LogP contribution in [0.3, 0.4) is 0 Å². The number of halogens is 1. The topological polar surface area (TPSA) is 56.7 Å². The third-order valence-electron chi connectivity index (χ3n) is 4.22. The maximum absolute atomic E-state index is 12.4. The summed E-state index contributed by atoms with van der Waals surface area (Å²) in [4.78, 5) is 20.6. The molecule has 0 unspecified atom stereocenters.